The second kappa shape index (κ2) is 8.39. The molecule has 1 N–H and O–H groups in total. The molecule has 0 fully saturated rings. The van der Waals surface area contributed by atoms with Gasteiger partial charge in [0.05, 0.1) is 11.1 Å². The Morgan fingerprint density at radius 3 is 2.34 bits per heavy atom. The largest absolute Gasteiger partial charge is 0.457 e. The standard InChI is InChI=1S/C21H19N3O5/c1-14-12-17(24(27)28)13-23(21(14)26)15(2)20(25)22-16-8-10-19(11-9-16)29-18-6-4-3-5-7-18/h3-13,15H,1-2H3,(H,22,25). The first kappa shape index (κ1) is 19.8. The zero-order valence-electron chi connectivity index (χ0n) is 15.9. The molecule has 0 radical (unpaired) electrons. The zero-order chi connectivity index (χ0) is 21.0. The van der Waals surface area contributed by atoms with E-state index in [1.165, 1.54) is 19.9 Å². The highest BCUT2D eigenvalue weighted by Crippen LogP contribution is 2.23. The van der Waals surface area contributed by atoms with Crippen molar-refractivity contribution in [2.45, 2.75) is 19.9 Å². The maximum atomic E-state index is 12.6. The van der Waals surface area contributed by atoms with E-state index >= 15 is 0 Å². The first-order valence-electron chi connectivity index (χ1n) is 8.86. The third kappa shape index (κ3) is 4.67. The Morgan fingerprint density at radius 2 is 1.72 bits per heavy atom. The Labute approximate surface area is 166 Å². The minimum atomic E-state index is -0.929. The molecule has 8 nitrogen and oxygen atoms in total. The van der Waals surface area contributed by atoms with Gasteiger partial charge in [-0.2, -0.15) is 0 Å². The number of para-hydroxylation sites is 1. The van der Waals surface area contributed by atoms with Crippen molar-refractivity contribution in [1.82, 2.24) is 4.57 Å². The number of carbonyl (C=O) groups excluding carboxylic acids is 1. The van der Waals surface area contributed by atoms with Crippen LogP contribution in [0.1, 0.15) is 18.5 Å². The summed E-state index contributed by atoms with van der Waals surface area (Å²) in [4.78, 5) is 35.3. The molecular weight excluding hydrogens is 374 g/mol. The number of nitro groups is 1. The van der Waals surface area contributed by atoms with Crippen LogP contribution in [0.5, 0.6) is 11.5 Å². The number of aromatic nitrogens is 1. The third-order valence-electron chi connectivity index (χ3n) is 4.32. The number of nitrogens with zero attached hydrogens (tertiary/aromatic N) is 2. The van der Waals surface area contributed by atoms with Crippen molar-refractivity contribution in [3.8, 4) is 11.5 Å². The molecule has 148 valence electrons. The van der Waals surface area contributed by atoms with E-state index in [9.17, 15) is 19.7 Å². The number of amides is 1. The summed E-state index contributed by atoms with van der Waals surface area (Å²) in [6, 6.07) is 16.3. The molecule has 1 atom stereocenters. The lowest BCUT2D eigenvalue weighted by molar-refractivity contribution is -0.385. The highest BCUT2D eigenvalue weighted by molar-refractivity contribution is 5.93. The van der Waals surface area contributed by atoms with Crippen LogP contribution in [0.3, 0.4) is 0 Å². The smallest absolute Gasteiger partial charge is 0.286 e. The summed E-state index contributed by atoms with van der Waals surface area (Å²) in [6.07, 6.45) is 1.08. The second-order valence-electron chi connectivity index (χ2n) is 6.46. The molecular formula is C21H19N3O5. The molecule has 0 aliphatic carbocycles. The van der Waals surface area contributed by atoms with Gasteiger partial charge in [0.25, 0.3) is 11.2 Å². The maximum absolute atomic E-state index is 12.6. The number of hydrogen-bond donors (Lipinski definition) is 1. The van der Waals surface area contributed by atoms with Crippen molar-refractivity contribution < 1.29 is 14.5 Å². The monoisotopic (exact) mass is 393 g/mol. The number of hydrogen-bond acceptors (Lipinski definition) is 5. The van der Waals surface area contributed by atoms with Crippen LogP contribution in [-0.2, 0) is 4.79 Å². The molecule has 0 aliphatic rings. The molecule has 0 aliphatic heterocycles. The molecule has 2 aromatic carbocycles. The van der Waals surface area contributed by atoms with Crippen molar-refractivity contribution in [2.24, 2.45) is 0 Å². The molecule has 0 saturated heterocycles. The average molecular weight is 393 g/mol. The van der Waals surface area contributed by atoms with Gasteiger partial charge in [0, 0.05) is 17.3 Å². The van der Waals surface area contributed by atoms with E-state index in [0.29, 0.717) is 17.2 Å². The Hall–Kier alpha value is -3.94. The first-order valence-corrected chi connectivity index (χ1v) is 8.86. The second-order valence-corrected chi connectivity index (χ2v) is 6.46. The Morgan fingerprint density at radius 1 is 1.10 bits per heavy atom. The van der Waals surface area contributed by atoms with Gasteiger partial charge in [0.15, 0.2) is 0 Å². The number of pyridine rings is 1. The fourth-order valence-corrected chi connectivity index (χ4v) is 2.72. The number of carbonyl (C=O) groups is 1. The zero-order valence-corrected chi connectivity index (χ0v) is 15.9. The quantitative estimate of drug-likeness (QED) is 0.502. The van der Waals surface area contributed by atoms with E-state index in [0.717, 1.165) is 10.8 Å². The fraction of sp³-hybridized carbons (Fsp3) is 0.143. The van der Waals surface area contributed by atoms with Crippen molar-refractivity contribution in [2.75, 3.05) is 5.32 Å². The van der Waals surface area contributed by atoms with E-state index in [1.54, 1.807) is 24.3 Å². The molecule has 3 aromatic rings. The summed E-state index contributed by atoms with van der Waals surface area (Å²) in [5.74, 6) is 0.829. The molecule has 1 amide bonds. The van der Waals surface area contributed by atoms with Crippen molar-refractivity contribution in [3.05, 3.63) is 92.9 Å². The Kier molecular flexibility index (Phi) is 5.73. The average Bonchev–Trinajstić information content (AvgIpc) is 2.71. The molecule has 0 spiro atoms. The van der Waals surface area contributed by atoms with Gasteiger partial charge in [-0.25, -0.2) is 0 Å². The Balaban J connectivity index is 1.73. The van der Waals surface area contributed by atoms with Crippen LogP contribution in [0.4, 0.5) is 11.4 Å². The van der Waals surface area contributed by atoms with Crippen molar-refractivity contribution in [3.63, 3.8) is 0 Å². The van der Waals surface area contributed by atoms with Gasteiger partial charge < -0.3 is 10.1 Å². The van der Waals surface area contributed by atoms with Crippen LogP contribution in [0.15, 0.2) is 71.7 Å². The first-order chi connectivity index (χ1) is 13.8. The topological polar surface area (TPSA) is 103 Å². The molecule has 1 unspecified atom stereocenters. The number of benzene rings is 2. The number of rotatable bonds is 6. The number of ether oxygens (including phenoxy) is 1. The number of aryl methyl sites for hydroxylation is 1. The van der Waals surface area contributed by atoms with E-state index < -0.39 is 22.4 Å². The summed E-state index contributed by atoms with van der Waals surface area (Å²) < 4.78 is 6.76. The maximum Gasteiger partial charge on any atom is 0.286 e. The van der Waals surface area contributed by atoms with Crippen LogP contribution >= 0.6 is 0 Å². The summed E-state index contributed by atoms with van der Waals surface area (Å²) in [7, 11) is 0. The lowest BCUT2D eigenvalue weighted by Crippen LogP contribution is -2.32. The van der Waals surface area contributed by atoms with Crippen LogP contribution < -0.4 is 15.6 Å². The lowest BCUT2D eigenvalue weighted by atomic mass is 10.2. The van der Waals surface area contributed by atoms with E-state index in [2.05, 4.69) is 5.32 Å². The van der Waals surface area contributed by atoms with E-state index in [1.807, 2.05) is 30.3 Å². The van der Waals surface area contributed by atoms with Gasteiger partial charge in [-0.1, -0.05) is 18.2 Å². The highest BCUT2D eigenvalue weighted by Gasteiger charge is 2.20. The predicted molar refractivity (Wildman–Crippen MR) is 108 cm³/mol. The molecule has 0 saturated carbocycles. The molecule has 8 heteroatoms. The minimum absolute atomic E-state index is 0.196. The normalized spacial score (nSPS) is 11.5. The van der Waals surface area contributed by atoms with Crippen LogP contribution in [-0.4, -0.2) is 15.4 Å². The van der Waals surface area contributed by atoms with Gasteiger partial charge in [-0.05, 0) is 50.2 Å². The molecule has 0 bridgehead atoms. The van der Waals surface area contributed by atoms with Crippen molar-refractivity contribution >= 4 is 17.3 Å². The summed E-state index contributed by atoms with van der Waals surface area (Å²) >= 11 is 0. The summed E-state index contributed by atoms with van der Waals surface area (Å²) in [5, 5.41) is 13.7. The van der Waals surface area contributed by atoms with Gasteiger partial charge in [0.1, 0.15) is 17.5 Å². The minimum Gasteiger partial charge on any atom is -0.457 e. The molecule has 1 aromatic heterocycles. The van der Waals surface area contributed by atoms with E-state index in [4.69, 9.17) is 4.74 Å². The van der Waals surface area contributed by atoms with Gasteiger partial charge in [-0.15, -0.1) is 0 Å². The lowest BCUT2D eigenvalue weighted by Gasteiger charge is -2.16. The number of nitrogens with one attached hydrogen (secondary N) is 1. The van der Waals surface area contributed by atoms with Gasteiger partial charge in [-0.3, -0.25) is 24.3 Å². The SMILES string of the molecule is Cc1cc([N+](=O)[O-])cn(C(C)C(=O)Nc2ccc(Oc3ccccc3)cc2)c1=O. The highest BCUT2D eigenvalue weighted by atomic mass is 16.6. The fourth-order valence-electron chi connectivity index (χ4n) is 2.72. The van der Waals surface area contributed by atoms with Crippen LogP contribution in [0.2, 0.25) is 0 Å². The van der Waals surface area contributed by atoms with Crippen molar-refractivity contribution in [1.29, 1.82) is 0 Å². The van der Waals surface area contributed by atoms with Crippen LogP contribution in [0.25, 0.3) is 0 Å². The number of anilines is 1. The predicted octanol–water partition coefficient (Wildman–Crippen LogP) is 4.06. The van der Waals surface area contributed by atoms with Gasteiger partial charge in [0.2, 0.25) is 5.91 Å². The van der Waals surface area contributed by atoms with Gasteiger partial charge >= 0.3 is 0 Å². The summed E-state index contributed by atoms with van der Waals surface area (Å²) in [6.45, 7) is 2.98. The molecule has 3 rings (SSSR count). The van der Waals surface area contributed by atoms with E-state index in [-0.39, 0.29) is 11.3 Å². The molecule has 1 heterocycles. The molecule has 29 heavy (non-hydrogen) atoms. The summed E-state index contributed by atoms with van der Waals surface area (Å²) in [5.41, 5.74) is 0.00718. The van der Waals surface area contributed by atoms with Crippen LogP contribution in [0, 0.1) is 17.0 Å². The third-order valence-corrected chi connectivity index (χ3v) is 4.32. The Bertz CT molecular complexity index is 1090.